The quantitative estimate of drug-likeness (QED) is 0.583. The lowest BCUT2D eigenvalue weighted by molar-refractivity contribution is -0.152. The van der Waals surface area contributed by atoms with E-state index < -0.39 is 35.8 Å². The number of amides is 1. The molecule has 7 heteroatoms. The van der Waals surface area contributed by atoms with Crippen LogP contribution in [0.1, 0.15) is 25.7 Å². The lowest BCUT2D eigenvalue weighted by Crippen LogP contribution is -2.44. The van der Waals surface area contributed by atoms with Crippen molar-refractivity contribution in [3.8, 4) is 0 Å². The fourth-order valence-electron chi connectivity index (χ4n) is 2.29. The van der Waals surface area contributed by atoms with Gasteiger partial charge in [-0.15, -0.1) is 0 Å². The summed E-state index contributed by atoms with van der Waals surface area (Å²) in [6.45, 7) is -0.269. The van der Waals surface area contributed by atoms with E-state index in [1.165, 1.54) is 0 Å². The van der Waals surface area contributed by atoms with E-state index in [1.54, 1.807) is 0 Å². The zero-order valence-electron chi connectivity index (χ0n) is 10.8. The van der Waals surface area contributed by atoms with Crippen molar-refractivity contribution in [2.75, 3.05) is 13.7 Å². The summed E-state index contributed by atoms with van der Waals surface area (Å²) in [5.74, 6) is -3.54. The van der Waals surface area contributed by atoms with Gasteiger partial charge in [-0.2, -0.15) is 0 Å². The van der Waals surface area contributed by atoms with Gasteiger partial charge in [0.05, 0.1) is 25.5 Å². The Morgan fingerprint density at radius 3 is 2.37 bits per heavy atom. The Balaban J connectivity index is 2.51. The minimum atomic E-state index is -1.43. The van der Waals surface area contributed by atoms with Crippen LogP contribution in [0, 0.1) is 11.8 Å². The molecule has 0 heterocycles. The first kappa shape index (κ1) is 15.4. The first-order valence-corrected chi connectivity index (χ1v) is 6.23. The van der Waals surface area contributed by atoms with Gasteiger partial charge in [-0.25, -0.2) is 4.79 Å². The van der Waals surface area contributed by atoms with Crippen LogP contribution in [0.3, 0.4) is 0 Å². The second-order valence-electron chi connectivity index (χ2n) is 4.62. The molecule has 1 fully saturated rings. The molecule has 1 amide bonds. The van der Waals surface area contributed by atoms with Gasteiger partial charge >= 0.3 is 11.9 Å². The highest BCUT2D eigenvalue weighted by atomic mass is 16.5. The molecule has 1 rings (SSSR count). The van der Waals surface area contributed by atoms with Gasteiger partial charge in [0.2, 0.25) is 5.91 Å². The first-order valence-electron chi connectivity index (χ1n) is 6.23. The Labute approximate surface area is 110 Å². The third-order valence-corrected chi connectivity index (χ3v) is 3.36. The molecule has 1 aliphatic carbocycles. The summed E-state index contributed by atoms with van der Waals surface area (Å²) in [5, 5.41) is 20.8. The van der Waals surface area contributed by atoms with E-state index in [4.69, 9.17) is 5.11 Å². The average molecular weight is 273 g/mol. The smallest absolute Gasteiger partial charge is 0.336 e. The molecule has 108 valence electrons. The second kappa shape index (κ2) is 7.08. The maximum absolute atomic E-state index is 11.9. The molecule has 0 aromatic carbocycles. The zero-order valence-corrected chi connectivity index (χ0v) is 10.8. The van der Waals surface area contributed by atoms with Gasteiger partial charge in [0.25, 0.3) is 0 Å². The molecule has 3 N–H and O–H groups in total. The molecule has 0 radical (unpaired) electrons. The van der Waals surface area contributed by atoms with E-state index in [0.29, 0.717) is 12.8 Å². The van der Waals surface area contributed by atoms with Gasteiger partial charge in [-0.1, -0.05) is 12.8 Å². The van der Waals surface area contributed by atoms with Gasteiger partial charge in [0.1, 0.15) is 0 Å². The number of esters is 1. The van der Waals surface area contributed by atoms with Crippen LogP contribution < -0.4 is 5.32 Å². The summed E-state index contributed by atoms with van der Waals surface area (Å²) < 4.78 is 4.31. The fourth-order valence-corrected chi connectivity index (χ4v) is 2.29. The summed E-state index contributed by atoms with van der Waals surface area (Å²) in [7, 11) is 1.13. The largest absolute Gasteiger partial charge is 0.481 e. The number of ether oxygens (including phenoxy) is 1. The fraction of sp³-hybridized carbons (Fsp3) is 0.750. The maximum Gasteiger partial charge on any atom is 0.336 e. The SMILES string of the molecule is COC(=O)C(O)CNC(=O)C1CCCCC1C(=O)O. The number of carboxylic acid groups (broad SMARTS) is 1. The Kier molecular flexibility index (Phi) is 5.75. The molecular formula is C12H19NO6. The Morgan fingerprint density at radius 2 is 1.84 bits per heavy atom. The summed E-state index contributed by atoms with van der Waals surface area (Å²) >= 11 is 0. The monoisotopic (exact) mass is 273 g/mol. The number of hydrogen-bond acceptors (Lipinski definition) is 5. The van der Waals surface area contributed by atoms with Crippen molar-refractivity contribution in [3.05, 3.63) is 0 Å². The topological polar surface area (TPSA) is 113 Å². The van der Waals surface area contributed by atoms with Crippen LogP contribution in [-0.2, 0) is 19.1 Å². The molecule has 0 aromatic rings. The lowest BCUT2D eigenvalue weighted by Gasteiger charge is -2.27. The third kappa shape index (κ3) is 4.20. The predicted octanol–water partition coefficient (Wildman–Crippen LogP) is -0.473. The molecule has 0 spiro atoms. The standard InChI is InChI=1S/C12H19NO6/c1-19-12(18)9(14)6-13-10(15)7-4-2-3-5-8(7)11(16)17/h7-9,14H,2-6H2,1H3,(H,13,15)(H,16,17). The van der Waals surface area contributed by atoms with Crippen molar-refractivity contribution in [3.63, 3.8) is 0 Å². The van der Waals surface area contributed by atoms with E-state index >= 15 is 0 Å². The average Bonchev–Trinajstić information content (AvgIpc) is 2.43. The molecule has 0 aliphatic heterocycles. The number of carbonyl (C=O) groups is 3. The number of carbonyl (C=O) groups excluding carboxylic acids is 2. The Morgan fingerprint density at radius 1 is 1.26 bits per heavy atom. The highest BCUT2D eigenvalue weighted by Crippen LogP contribution is 2.30. The van der Waals surface area contributed by atoms with Gasteiger partial charge < -0.3 is 20.3 Å². The molecule has 0 saturated heterocycles. The molecule has 7 nitrogen and oxygen atoms in total. The third-order valence-electron chi connectivity index (χ3n) is 3.36. The summed E-state index contributed by atoms with van der Waals surface area (Å²) in [6, 6.07) is 0. The van der Waals surface area contributed by atoms with Crippen molar-refractivity contribution in [2.24, 2.45) is 11.8 Å². The number of nitrogens with one attached hydrogen (secondary N) is 1. The van der Waals surface area contributed by atoms with E-state index in [-0.39, 0.29) is 6.54 Å². The Bertz CT molecular complexity index is 356. The highest BCUT2D eigenvalue weighted by Gasteiger charge is 2.35. The molecule has 3 unspecified atom stereocenters. The summed E-state index contributed by atoms with van der Waals surface area (Å²) in [4.78, 5) is 33.9. The van der Waals surface area contributed by atoms with Crippen molar-refractivity contribution in [1.29, 1.82) is 0 Å². The number of hydrogen-bond donors (Lipinski definition) is 3. The van der Waals surface area contributed by atoms with Crippen molar-refractivity contribution in [2.45, 2.75) is 31.8 Å². The lowest BCUT2D eigenvalue weighted by atomic mass is 9.78. The summed E-state index contributed by atoms with van der Waals surface area (Å²) in [5.41, 5.74) is 0. The van der Waals surface area contributed by atoms with Crippen molar-refractivity contribution in [1.82, 2.24) is 5.32 Å². The number of aliphatic hydroxyl groups excluding tert-OH is 1. The molecule has 3 atom stereocenters. The van der Waals surface area contributed by atoms with Gasteiger partial charge in [0.15, 0.2) is 6.10 Å². The second-order valence-corrected chi connectivity index (χ2v) is 4.62. The van der Waals surface area contributed by atoms with Gasteiger partial charge in [-0.05, 0) is 12.8 Å². The number of rotatable bonds is 5. The minimum absolute atomic E-state index is 0.269. The minimum Gasteiger partial charge on any atom is -0.481 e. The van der Waals surface area contributed by atoms with E-state index in [9.17, 15) is 19.5 Å². The molecule has 0 bridgehead atoms. The zero-order chi connectivity index (χ0) is 14.4. The normalized spacial score (nSPS) is 24.3. The molecular weight excluding hydrogens is 254 g/mol. The van der Waals surface area contributed by atoms with Crippen LogP contribution in [0.4, 0.5) is 0 Å². The Hall–Kier alpha value is -1.63. The van der Waals surface area contributed by atoms with Gasteiger partial charge in [0, 0.05) is 0 Å². The van der Waals surface area contributed by atoms with Crippen molar-refractivity contribution < 1.29 is 29.3 Å². The van der Waals surface area contributed by atoms with Crippen LogP contribution >= 0.6 is 0 Å². The number of aliphatic hydroxyl groups is 1. The molecule has 1 aliphatic rings. The van der Waals surface area contributed by atoms with E-state index in [2.05, 4.69) is 10.1 Å². The maximum atomic E-state index is 11.9. The number of methoxy groups -OCH3 is 1. The van der Waals surface area contributed by atoms with Gasteiger partial charge in [-0.3, -0.25) is 9.59 Å². The van der Waals surface area contributed by atoms with Crippen LogP contribution in [0.25, 0.3) is 0 Å². The van der Waals surface area contributed by atoms with Crippen LogP contribution in [0.15, 0.2) is 0 Å². The molecule has 19 heavy (non-hydrogen) atoms. The molecule has 1 saturated carbocycles. The van der Waals surface area contributed by atoms with E-state index in [1.807, 2.05) is 0 Å². The first-order chi connectivity index (χ1) is 8.97. The summed E-state index contributed by atoms with van der Waals surface area (Å²) in [6.07, 6.45) is 1.16. The van der Waals surface area contributed by atoms with E-state index in [0.717, 1.165) is 20.0 Å². The number of carboxylic acids is 1. The molecule has 0 aromatic heterocycles. The van der Waals surface area contributed by atoms with Crippen molar-refractivity contribution >= 4 is 17.8 Å². The predicted molar refractivity (Wildman–Crippen MR) is 64.1 cm³/mol. The van der Waals surface area contributed by atoms with Crippen LogP contribution in [0.5, 0.6) is 0 Å². The highest BCUT2D eigenvalue weighted by molar-refractivity contribution is 5.85. The number of aliphatic carboxylic acids is 1. The van der Waals surface area contributed by atoms with Crippen LogP contribution in [0.2, 0.25) is 0 Å². The van der Waals surface area contributed by atoms with Crippen LogP contribution in [-0.4, -0.2) is 47.8 Å².